The fraction of sp³-hybridized carbons (Fsp3) is 0.176. The molecule has 0 aliphatic carbocycles. The number of benzene rings is 2. The highest BCUT2D eigenvalue weighted by Crippen LogP contribution is 2.36. The van der Waals surface area contributed by atoms with E-state index in [0.717, 1.165) is 11.8 Å². The summed E-state index contributed by atoms with van der Waals surface area (Å²) in [6, 6.07) is 10.1. The summed E-state index contributed by atoms with van der Waals surface area (Å²) in [7, 11) is 0. The minimum Gasteiger partial charge on any atom is -0.479 e. The van der Waals surface area contributed by atoms with E-state index < -0.39 is 6.10 Å². The van der Waals surface area contributed by atoms with Crippen molar-refractivity contribution in [2.45, 2.75) is 19.6 Å². The van der Waals surface area contributed by atoms with Crippen LogP contribution in [-0.4, -0.2) is 18.3 Å². The Labute approximate surface area is 143 Å². The Balaban J connectivity index is 2.03. The van der Waals surface area contributed by atoms with Crippen LogP contribution in [0.4, 0.5) is 5.69 Å². The van der Waals surface area contributed by atoms with Crippen molar-refractivity contribution in [1.82, 2.24) is 0 Å². The van der Waals surface area contributed by atoms with E-state index in [4.69, 9.17) is 27.9 Å². The van der Waals surface area contributed by atoms with Crippen LogP contribution in [0.3, 0.4) is 0 Å². The van der Waals surface area contributed by atoms with E-state index in [1.54, 1.807) is 48.2 Å². The summed E-state index contributed by atoms with van der Waals surface area (Å²) < 4.78 is 5.60. The SMILES string of the molecule is CC1Oc2ccc(C=O)cc2N(Cc2ccc(Cl)cc2Cl)C1=O. The Hall–Kier alpha value is -2.04. The molecule has 2 aromatic rings. The van der Waals surface area contributed by atoms with Crippen LogP contribution >= 0.6 is 23.2 Å². The van der Waals surface area contributed by atoms with Gasteiger partial charge in [-0.1, -0.05) is 29.3 Å². The maximum Gasteiger partial charge on any atom is 0.268 e. The van der Waals surface area contributed by atoms with Crippen LogP contribution in [0.5, 0.6) is 5.75 Å². The average Bonchev–Trinajstić information content (AvgIpc) is 2.53. The summed E-state index contributed by atoms with van der Waals surface area (Å²) in [4.78, 5) is 25.1. The number of carbonyl (C=O) groups is 2. The second kappa shape index (κ2) is 6.22. The lowest BCUT2D eigenvalue weighted by Gasteiger charge is -2.33. The molecular weight excluding hydrogens is 337 g/mol. The first-order chi connectivity index (χ1) is 11.0. The maximum absolute atomic E-state index is 12.5. The predicted octanol–water partition coefficient (Wildman–Crippen LogP) is 4.12. The summed E-state index contributed by atoms with van der Waals surface area (Å²) in [5.41, 5.74) is 1.80. The molecule has 118 valence electrons. The van der Waals surface area contributed by atoms with Crippen molar-refractivity contribution in [3.63, 3.8) is 0 Å². The zero-order valence-electron chi connectivity index (χ0n) is 12.3. The molecule has 0 bridgehead atoms. The summed E-state index contributed by atoms with van der Waals surface area (Å²) >= 11 is 12.1. The molecule has 6 heteroatoms. The molecule has 2 aromatic carbocycles. The van der Waals surface area contributed by atoms with E-state index >= 15 is 0 Å². The van der Waals surface area contributed by atoms with Crippen LogP contribution in [0.15, 0.2) is 36.4 Å². The predicted molar refractivity (Wildman–Crippen MR) is 89.6 cm³/mol. The molecule has 1 aliphatic rings. The van der Waals surface area contributed by atoms with E-state index in [1.165, 1.54) is 0 Å². The van der Waals surface area contributed by atoms with Gasteiger partial charge in [0, 0.05) is 15.6 Å². The van der Waals surface area contributed by atoms with Gasteiger partial charge < -0.3 is 9.64 Å². The Morgan fingerprint density at radius 2 is 2.00 bits per heavy atom. The normalized spacial score (nSPS) is 16.7. The molecule has 0 aromatic heterocycles. The fourth-order valence-electron chi connectivity index (χ4n) is 2.48. The zero-order valence-corrected chi connectivity index (χ0v) is 13.8. The van der Waals surface area contributed by atoms with Crippen LogP contribution < -0.4 is 9.64 Å². The minimum atomic E-state index is -0.601. The molecule has 0 N–H and O–H groups in total. The monoisotopic (exact) mass is 349 g/mol. The minimum absolute atomic E-state index is 0.188. The summed E-state index contributed by atoms with van der Waals surface area (Å²) in [6.45, 7) is 1.97. The number of halogens is 2. The number of hydrogen-bond acceptors (Lipinski definition) is 3. The highest BCUT2D eigenvalue weighted by atomic mass is 35.5. The van der Waals surface area contributed by atoms with E-state index in [2.05, 4.69) is 0 Å². The lowest BCUT2D eigenvalue weighted by Crippen LogP contribution is -2.44. The van der Waals surface area contributed by atoms with E-state index in [-0.39, 0.29) is 12.5 Å². The van der Waals surface area contributed by atoms with Gasteiger partial charge in [-0.3, -0.25) is 9.59 Å². The number of hydrogen-bond donors (Lipinski definition) is 0. The average molecular weight is 350 g/mol. The van der Waals surface area contributed by atoms with Crippen LogP contribution in [0.1, 0.15) is 22.8 Å². The van der Waals surface area contributed by atoms with Crippen molar-refractivity contribution in [3.05, 3.63) is 57.6 Å². The highest BCUT2D eigenvalue weighted by molar-refractivity contribution is 6.35. The molecule has 4 nitrogen and oxygen atoms in total. The largest absolute Gasteiger partial charge is 0.479 e. The van der Waals surface area contributed by atoms with E-state index in [9.17, 15) is 9.59 Å². The van der Waals surface area contributed by atoms with Gasteiger partial charge in [0.05, 0.1) is 12.2 Å². The van der Waals surface area contributed by atoms with Gasteiger partial charge in [0.1, 0.15) is 12.0 Å². The second-order valence-electron chi connectivity index (χ2n) is 5.27. The maximum atomic E-state index is 12.5. The topological polar surface area (TPSA) is 46.6 Å². The van der Waals surface area contributed by atoms with Crippen LogP contribution in [0.2, 0.25) is 10.0 Å². The van der Waals surface area contributed by atoms with Gasteiger partial charge in [0.15, 0.2) is 6.10 Å². The second-order valence-corrected chi connectivity index (χ2v) is 6.11. The van der Waals surface area contributed by atoms with E-state index in [0.29, 0.717) is 27.0 Å². The lowest BCUT2D eigenvalue weighted by molar-refractivity contribution is -0.125. The number of anilines is 1. The molecule has 1 heterocycles. The molecule has 1 unspecified atom stereocenters. The summed E-state index contributed by atoms with van der Waals surface area (Å²) in [5.74, 6) is 0.374. The Kier molecular flexibility index (Phi) is 4.28. The zero-order chi connectivity index (χ0) is 16.6. The lowest BCUT2D eigenvalue weighted by atomic mass is 10.1. The highest BCUT2D eigenvalue weighted by Gasteiger charge is 2.32. The Morgan fingerprint density at radius 3 is 2.70 bits per heavy atom. The van der Waals surface area contributed by atoms with Crippen molar-refractivity contribution in [1.29, 1.82) is 0 Å². The van der Waals surface area contributed by atoms with Gasteiger partial charge >= 0.3 is 0 Å². The molecule has 0 radical (unpaired) electrons. The molecule has 0 spiro atoms. The number of amides is 1. The first-order valence-electron chi connectivity index (χ1n) is 7.01. The van der Waals surface area contributed by atoms with Gasteiger partial charge in [-0.2, -0.15) is 0 Å². The summed E-state index contributed by atoms with van der Waals surface area (Å²) in [6.07, 6.45) is 0.131. The molecule has 1 amide bonds. The third-order valence-electron chi connectivity index (χ3n) is 3.67. The Bertz CT molecular complexity index is 791. The first kappa shape index (κ1) is 15.8. The van der Waals surface area contributed by atoms with Crippen molar-refractivity contribution in [2.75, 3.05) is 4.90 Å². The third kappa shape index (κ3) is 3.05. The van der Waals surface area contributed by atoms with Crippen molar-refractivity contribution in [3.8, 4) is 5.75 Å². The van der Waals surface area contributed by atoms with E-state index in [1.807, 2.05) is 0 Å². The molecular formula is C17H13Cl2NO3. The fourth-order valence-corrected chi connectivity index (χ4v) is 2.95. The van der Waals surface area contributed by atoms with Gasteiger partial charge in [-0.15, -0.1) is 0 Å². The molecule has 1 aliphatic heterocycles. The van der Waals surface area contributed by atoms with Crippen LogP contribution in [-0.2, 0) is 11.3 Å². The molecule has 3 rings (SSSR count). The number of ether oxygens (including phenoxy) is 1. The number of aldehydes is 1. The van der Waals surface area contributed by atoms with Crippen LogP contribution in [0.25, 0.3) is 0 Å². The molecule has 0 saturated heterocycles. The quantitative estimate of drug-likeness (QED) is 0.783. The van der Waals surface area contributed by atoms with Gasteiger partial charge in [-0.05, 0) is 42.8 Å². The number of nitrogens with zero attached hydrogens (tertiary/aromatic N) is 1. The first-order valence-corrected chi connectivity index (χ1v) is 7.76. The molecule has 0 saturated carbocycles. The van der Waals surface area contributed by atoms with Crippen molar-refractivity contribution < 1.29 is 14.3 Å². The van der Waals surface area contributed by atoms with Crippen LogP contribution in [0, 0.1) is 0 Å². The van der Waals surface area contributed by atoms with Crippen molar-refractivity contribution in [2.24, 2.45) is 0 Å². The Morgan fingerprint density at radius 1 is 1.22 bits per heavy atom. The molecule has 1 atom stereocenters. The molecule has 23 heavy (non-hydrogen) atoms. The van der Waals surface area contributed by atoms with Gasteiger partial charge in [0.25, 0.3) is 5.91 Å². The number of carbonyl (C=O) groups excluding carboxylic acids is 2. The number of fused-ring (bicyclic) bond motifs is 1. The number of rotatable bonds is 3. The smallest absolute Gasteiger partial charge is 0.268 e. The third-order valence-corrected chi connectivity index (χ3v) is 4.26. The summed E-state index contributed by atoms with van der Waals surface area (Å²) in [5, 5.41) is 1.02. The van der Waals surface area contributed by atoms with Gasteiger partial charge in [0.2, 0.25) is 0 Å². The van der Waals surface area contributed by atoms with Crippen molar-refractivity contribution >= 4 is 41.1 Å². The standard InChI is InChI=1S/C17H13Cl2NO3/c1-10-17(22)20(8-12-3-4-13(18)7-14(12)19)15-6-11(9-21)2-5-16(15)23-10/h2-7,9-10H,8H2,1H3. The van der Waals surface area contributed by atoms with Gasteiger partial charge in [-0.25, -0.2) is 0 Å². The molecule has 0 fully saturated rings.